The van der Waals surface area contributed by atoms with Crippen molar-refractivity contribution in [3.63, 3.8) is 0 Å². The molecule has 0 radical (unpaired) electrons. The fourth-order valence-electron chi connectivity index (χ4n) is 1.50. The van der Waals surface area contributed by atoms with Crippen molar-refractivity contribution >= 4 is 29.0 Å². The second-order valence-electron chi connectivity index (χ2n) is 3.70. The molecule has 0 aliphatic rings. The number of benzene rings is 1. The van der Waals surface area contributed by atoms with Crippen LogP contribution in [0, 0.1) is 11.3 Å². The summed E-state index contributed by atoms with van der Waals surface area (Å²) in [7, 11) is 0. The molecule has 94 valence electrons. The number of hydrogen-bond acceptors (Lipinski definition) is 4. The average molecular weight is 273 g/mol. The smallest absolute Gasteiger partial charge is 0.248 e. The first-order valence-corrected chi connectivity index (χ1v) is 5.71. The quantitative estimate of drug-likeness (QED) is 0.898. The van der Waals surface area contributed by atoms with E-state index in [0.29, 0.717) is 22.6 Å². The van der Waals surface area contributed by atoms with Crippen molar-refractivity contribution in [1.82, 2.24) is 4.98 Å². The molecule has 1 heterocycles. The van der Waals surface area contributed by atoms with Gasteiger partial charge in [0.05, 0.1) is 5.56 Å². The topological polar surface area (TPSA) is 91.8 Å². The molecule has 19 heavy (non-hydrogen) atoms. The summed E-state index contributed by atoms with van der Waals surface area (Å²) in [6, 6.07) is 10.1. The monoisotopic (exact) mass is 272 g/mol. The van der Waals surface area contributed by atoms with Crippen molar-refractivity contribution in [1.29, 1.82) is 5.26 Å². The van der Waals surface area contributed by atoms with Gasteiger partial charge < -0.3 is 11.1 Å². The van der Waals surface area contributed by atoms with Crippen LogP contribution in [0.2, 0.25) is 5.02 Å². The molecule has 0 fully saturated rings. The fourth-order valence-corrected chi connectivity index (χ4v) is 1.71. The van der Waals surface area contributed by atoms with Crippen LogP contribution in [0.3, 0.4) is 0 Å². The average Bonchev–Trinajstić information content (AvgIpc) is 2.41. The van der Waals surface area contributed by atoms with Gasteiger partial charge in [0.2, 0.25) is 5.91 Å². The highest BCUT2D eigenvalue weighted by atomic mass is 35.5. The van der Waals surface area contributed by atoms with Gasteiger partial charge in [-0.1, -0.05) is 17.7 Å². The maximum atomic E-state index is 11.1. The summed E-state index contributed by atoms with van der Waals surface area (Å²) in [5.41, 5.74) is 6.51. The Balaban J connectivity index is 2.34. The molecule has 0 bridgehead atoms. The summed E-state index contributed by atoms with van der Waals surface area (Å²) < 4.78 is 0. The Labute approximate surface area is 114 Å². The van der Waals surface area contributed by atoms with E-state index in [4.69, 9.17) is 22.6 Å². The van der Waals surface area contributed by atoms with Gasteiger partial charge in [-0.15, -0.1) is 0 Å². The first-order chi connectivity index (χ1) is 9.11. The van der Waals surface area contributed by atoms with Crippen molar-refractivity contribution < 1.29 is 4.79 Å². The zero-order chi connectivity index (χ0) is 13.8. The molecule has 2 aromatic rings. The zero-order valence-corrected chi connectivity index (χ0v) is 10.5. The lowest BCUT2D eigenvalue weighted by Crippen LogP contribution is -2.10. The van der Waals surface area contributed by atoms with E-state index < -0.39 is 5.91 Å². The van der Waals surface area contributed by atoms with Gasteiger partial charge in [0.15, 0.2) is 5.82 Å². The first kappa shape index (κ1) is 12.9. The minimum atomic E-state index is -0.520. The number of primary amides is 1. The Kier molecular flexibility index (Phi) is 3.64. The van der Waals surface area contributed by atoms with E-state index in [1.807, 2.05) is 6.07 Å². The summed E-state index contributed by atoms with van der Waals surface area (Å²) >= 11 is 6.02. The second kappa shape index (κ2) is 5.38. The number of amides is 1. The van der Waals surface area contributed by atoms with Crippen molar-refractivity contribution in [3.8, 4) is 6.07 Å². The van der Waals surface area contributed by atoms with E-state index in [2.05, 4.69) is 10.3 Å². The number of nitriles is 1. The van der Waals surface area contributed by atoms with Crippen LogP contribution in [0.25, 0.3) is 0 Å². The van der Waals surface area contributed by atoms with Gasteiger partial charge in [0.25, 0.3) is 0 Å². The number of halogens is 1. The standard InChI is InChI=1S/C13H9ClN4O/c14-11-9(7-15)4-5-17-13(11)18-10-3-1-2-8(6-10)12(16)19/h1-6H,(H2,16,19)(H,17,18). The summed E-state index contributed by atoms with van der Waals surface area (Å²) in [6.07, 6.45) is 1.48. The maximum absolute atomic E-state index is 11.1. The van der Waals surface area contributed by atoms with Crippen molar-refractivity contribution in [2.45, 2.75) is 0 Å². The number of hydrogen-bond donors (Lipinski definition) is 2. The minimum Gasteiger partial charge on any atom is -0.366 e. The molecular formula is C13H9ClN4O. The van der Waals surface area contributed by atoms with E-state index >= 15 is 0 Å². The molecule has 0 unspecified atom stereocenters. The van der Waals surface area contributed by atoms with Crippen LogP contribution in [-0.4, -0.2) is 10.9 Å². The van der Waals surface area contributed by atoms with Gasteiger partial charge in [-0.3, -0.25) is 4.79 Å². The number of anilines is 2. The highest BCUT2D eigenvalue weighted by Crippen LogP contribution is 2.26. The normalized spacial score (nSPS) is 9.68. The summed E-state index contributed by atoms with van der Waals surface area (Å²) in [6.45, 7) is 0. The van der Waals surface area contributed by atoms with E-state index in [1.54, 1.807) is 24.3 Å². The molecular weight excluding hydrogens is 264 g/mol. The highest BCUT2D eigenvalue weighted by Gasteiger charge is 2.08. The van der Waals surface area contributed by atoms with Gasteiger partial charge in [-0.05, 0) is 24.3 Å². The predicted octanol–water partition coefficient (Wildman–Crippen LogP) is 2.45. The lowest BCUT2D eigenvalue weighted by atomic mass is 10.2. The van der Waals surface area contributed by atoms with Gasteiger partial charge in [0.1, 0.15) is 11.1 Å². The van der Waals surface area contributed by atoms with E-state index in [1.165, 1.54) is 12.3 Å². The number of rotatable bonds is 3. The molecule has 5 nitrogen and oxygen atoms in total. The van der Waals surface area contributed by atoms with Crippen molar-refractivity contribution in [2.24, 2.45) is 5.73 Å². The molecule has 1 amide bonds. The lowest BCUT2D eigenvalue weighted by Gasteiger charge is -2.08. The SMILES string of the molecule is N#Cc1ccnc(Nc2cccc(C(N)=O)c2)c1Cl. The molecule has 0 spiro atoms. The van der Waals surface area contributed by atoms with Crippen LogP contribution < -0.4 is 11.1 Å². The highest BCUT2D eigenvalue weighted by molar-refractivity contribution is 6.34. The first-order valence-electron chi connectivity index (χ1n) is 5.33. The molecule has 3 N–H and O–H groups in total. The van der Waals surface area contributed by atoms with Gasteiger partial charge in [0, 0.05) is 17.4 Å². The summed E-state index contributed by atoms with van der Waals surface area (Å²) in [5, 5.41) is 12.0. The van der Waals surface area contributed by atoms with Crippen molar-refractivity contribution in [2.75, 3.05) is 5.32 Å². The fraction of sp³-hybridized carbons (Fsp3) is 0. The number of nitrogens with one attached hydrogen (secondary N) is 1. The van der Waals surface area contributed by atoms with E-state index in [-0.39, 0.29) is 5.02 Å². The number of pyridine rings is 1. The van der Waals surface area contributed by atoms with E-state index in [9.17, 15) is 4.79 Å². The Bertz CT molecular complexity index is 679. The molecule has 6 heteroatoms. The van der Waals surface area contributed by atoms with Crippen LogP contribution in [0.5, 0.6) is 0 Å². The molecule has 0 aliphatic carbocycles. The molecule has 0 atom stereocenters. The van der Waals surface area contributed by atoms with Crippen LogP contribution in [0.1, 0.15) is 15.9 Å². The van der Waals surface area contributed by atoms with Crippen molar-refractivity contribution in [3.05, 3.63) is 52.7 Å². The molecule has 0 saturated heterocycles. The third-order valence-electron chi connectivity index (χ3n) is 2.42. The maximum Gasteiger partial charge on any atom is 0.248 e. The molecule has 2 rings (SSSR count). The van der Waals surface area contributed by atoms with Crippen LogP contribution >= 0.6 is 11.6 Å². The molecule has 0 saturated carbocycles. The Morgan fingerprint density at radius 2 is 2.21 bits per heavy atom. The van der Waals surface area contributed by atoms with Crippen LogP contribution in [0.15, 0.2) is 36.5 Å². The van der Waals surface area contributed by atoms with Gasteiger partial charge in [-0.25, -0.2) is 4.98 Å². The van der Waals surface area contributed by atoms with Crippen LogP contribution in [0.4, 0.5) is 11.5 Å². The number of nitrogens with two attached hydrogens (primary N) is 1. The zero-order valence-electron chi connectivity index (χ0n) is 9.72. The Hall–Kier alpha value is -2.58. The predicted molar refractivity (Wildman–Crippen MR) is 72.2 cm³/mol. The lowest BCUT2D eigenvalue weighted by molar-refractivity contribution is 0.100. The number of aromatic nitrogens is 1. The van der Waals surface area contributed by atoms with E-state index in [0.717, 1.165) is 0 Å². The largest absolute Gasteiger partial charge is 0.366 e. The van der Waals surface area contributed by atoms with Crippen LogP contribution in [-0.2, 0) is 0 Å². The molecule has 1 aromatic carbocycles. The minimum absolute atomic E-state index is 0.231. The summed E-state index contributed by atoms with van der Waals surface area (Å²) in [4.78, 5) is 15.1. The third kappa shape index (κ3) is 2.81. The Morgan fingerprint density at radius 3 is 2.89 bits per heavy atom. The second-order valence-corrected chi connectivity index (χ2v) is 4.08. The third-order valence-corrected chi connectivity index (χ3v) is 2.80. The molecule has 0 aliphatic heterocycles. The van der Waals surface area contributed by atoms with Gasteiger partial charge in [-0.2, -0.15) is 5.26 Å². The number of nitrogens with zero attached hydrogens (tertiary/aromatic N) is 2. The summed E-state index contributed by atoms with van der Waals surface area (Å²) in [5.74, 6) is -0.171. The number of carbonyl (C=O) groups is 1. The number of carbonyl (C=O) groups excluding carboxylic acids is 1. The Morgan fingerprint density at radius 1 is 1.42 bits per heavy atom. The van der Waals surface area contributed by atoms with Gasteiger partial charge >= 0.3 is 0 Å². The molecule has 1 aromatic heterocycles.